The van der Waals surface area contributed by atoms with E-state index in [1.165, 1.54) is 16.7 Å². The number of aliphatic hydroxyl groups excluding tert-OH is 1. The maximum absolute atomic E-state index is 8.82. The molecular weight excluding hydrogens is 226 g/mol. The standard InChI is InChI=1S/C14H19N3O/c1-11-5-12(2)7-13(6-11)8-15-14-9-16-17(10-14)3-4-18/h5-7,9-10,15,18H,3-4,8H2,1-2H3. The first-order chi connectivity index (χ1) is 8.67. The molecule has 18 heavy (non-hydrogen) atoms. The zero-order valence-electron chi connectivity index (χ0n) is 10.8. The summed E-state index contributed by atoms with van der Waals surface area (Å²) in [5.41, 5.74) is 4.80. The van der Waals surface area contributed by atoms with E-state index in [1.807, 2.05) is 6.20 Å². The largest absolute Gasteiger partial charge is 0.394 e. The Morgan fingerprint density at radius 1 is 1.22 bits per heavy atom. The Morgan fingerprint density at radius 2 is 1.94 bits per heavy atom. The van der Waals surface area contributed by atoms with E-state index in [9.17, 15) is 0 Å². The van der Waals surface area contributed by atoms with Crippen LogP contribution in [0, 0.1) is 13.8 Å². The zero-order valence-corrected chi connectivity index (χ0v) is 10.8. The van der Waals surface area contributed by atoms with E-state index in [1.54, 1.807) is 10.9 Å². The molecule has 0 unspecified atom stereocenters. The highest BCUT2D eigenvalue weighted by molar-refractivity contribution is 5.40. The van der Waals surface area contributed by atoms with Crippen molar-refractivity contribution in [1.29, 1.82) is 0 Å². The lowest BCUT2D eigenvalue weighted by atomic mass is 10.1. The van der Waals surface area contributed by atoms with Gasteiger partial charge in [0.05, 0.1) is 25.0 Å². The molecule has 2 rings (SSSR count). The third kappa shape index (κ3) is 3.34. The maximum atomic E-state index is 8.82. The number of hydrogen-bond donors (Lipinski definition) is 2. The fourth-order valence-electron chi connectivity index (χ4n) is 2.05. The number of aromatic nitrogens is 2. The van der Waals surface area contributed by atoms with Gasteiger partial charge in [-0.2, -0.15) is 5.10 Å². The van der Waals surface area contributed by atoms with Crippen LogP contribution in [-0.2, 0) is 13.1 Å². The summed E-state index contributed by atoms with van der Waals surface area (Å²) >= 11 is 0. The Balaban J connectivity index is 1.97. The fourth-order valence-corrected chi connectivity index (χ4v) is 2.05. The molecular formula is C14H19N3O. The summed E-state index contributed by atoms with van der Waals surface area (Å²) in [5, 5.41) is 16.3. The second-order valence-corrected chi connectivity index (χ2v) is 4.57. The van der Waals surface area contributed by atoms with Crippen LogP contribution in [0.15, 0.2) is 30.6 Å². The van der Waals surface area contributed by atoms with Gasteiger partial charge in [0.1, 0.15) is 0 Å². The predicted octanol–water partition coefficient (Wildman–Crippen LogP) is 2.10. The number of hydrogen-bond acceptors (Lipinski definition) is 3. The molecule has 0 bridgehead atoms. The molecule has 4 nitrogen and oxygen atoms in total. The third-order valence-corrected chi connectivity index (χ3v) is 2.74. The molecule has 1 aromatic carbocycles. The Labute approximate surface area is 107 Å². The van der Waals surface area contributed by atoms with Gasteiger partial charge in [-0.3, -0.25) is 4.68 Å². The molecule has 2 aromatic rings. The smallest absolute Gasteiger partial charge is 0.0729 e. The van der Waals surface area contributed by atoms with Gasteiger partial charge in [-0.25, -0.2) is 0 Å². The minimum atomic E-state index is 0.109. The van der Waals surface area contributed by atoms with Crippen LogP contribution in [0.1, 0.15) is 16.7 Å². The van der Waals surface area contributed by atoms with Gasteiger partial charge >= 0.3 is 0 Å². The second kappa shape index (κ2) is 5.69. The molecule has 0 aliphatic rings. The summed E-state index contributed by atoms with van der Waals surface area (Å²) < 4.78 is 1.73. The monoisotopic (exact) mass is 245 g/mol. The van der Waals surface area contributed by atoms with E-state index in [0.29, 0.717) is 6.54 Å². The number of rotatable bonds is 5. The van der Waals surface area contributed by atoms with Crippen molar-refractivity contribution in [3.05, 3.63) is 47.3 Å². The molecule has 0 amide bonds. The SMILES string of the molecule is Cc1cc(C)cc(CNc2cnn(CCO)c2)c1. The van der Waals surface area contributed by atoms with Crippen molar-refractivity contribution in [2.24, 2.45) is 0 Å². The predicted molar refractivity (Wildman–Crippen MR) is 72.6 cm³/mol. The van der Waals surface area contributed by atoms with E-state index in [4.69, 9.17) is 5.11 Å². The molecule has 0 saturated carbocycles. The quantitative estimate of drug-likeness (QED) is 0.848. The number of benzene rings is 1. The molecule has 0 radical (unpaired) electrons. The molecule has 0 fully saturated rings. The maximum Gasteiger partial charge on any atom is 0.0729 e. The van der Waals surface area contributed by atoms with E-state index in [0.717, 1.165) is 12.2 Å². The Hall–Kier alpha value is -1.81. The topological polar surface area (TPSA) is 50.1 Å². The van der Waals surface area contributed by atoms with Crippen molar-refractivity contribution in [2.45, 2.75) is 26.9 Å². The highest BCUT2D eigenvalue weighted by Crippen LogP contribution is 2.12. The van der Waals surface area contributed by atoms with Crippen LogP contribution in [0.5, 0.6) is 0 Å². The fraction of sp³-hybridized carbons (Fsp3) is 0.357. The van der Waals surface area contributed by atoms with Crippen LogP contribution in [0.25, 0.3) is 0 Å². The van der Waals surface area contributed by atoms with Crippen molar-refractivity contribution in [3.63, 3.8) is 0 Å². The molecule has 2 N–H and O–H groups in total. The molecule has 4 heteroatoms. The van der Waals surface area contributed by atoms with E-state index >= 15 is 0 Å². The van der Waals surface area contributed by atoms with Gasteiger partial charge in [0.2, 0.25) is 0 Å². The second-order valence-electron chi connectivity index (χ2n) is 4.57. The lowest BCUT2D eigenvalue weighted by molar-refractivity contribution is 0.269. The molecule has 1 aromatic heterocycles. The van der Waals surface area contributed by atoms with Gasteiger partial charge in [-0.1, -0.05) is 29.3 Å². The van der Waals surface area contributed by atoms with Crippen LogP contribution in [0.3, 0.4) is 0 Å². The normalized spacial score (nSPS) is 10.6. The van der Waals surface area contributed by atoms with Crippen LogP contribution >= 0.6 is 0 Å². The molecule has 0 spiro atoms. The highest BCUT2D eigenvalue weighted by Gasteiger charge is 1.99. The summed E-state index contributed by atoms with van der Waals surface area (Å²) in [6.07, 6.45) is 3.68. The summed E-state index contributed by atoms with van der Waals surface area (Å²) in [6, 6.07) is 6.53. The third-order valence-electron chi connectivity index (χ3n) is 2.74. The molecule has 0 saturated heterocycles. The average Bonchev–Trinajstić information content (AvgIpc) is 2.74. The lowest BCUT2D eigenvalue weighted by Crippen LogP contribution is -2.02. The Bertz CT molecular complexity index is 499. The average molecular weight is 245 g/mol. The number of aliphatic hydroxyl groups is 1. The first-order valence-electron chi connectivity index (χ1n) is 6.12. The van der Waals surface area contributed by atoms with Crippen molar-refractivity contribution in [2.75, 3.05) is 11.9 Å². The Morgan fingerprint density at radius 3 is 2.61 bits per heavy atom. The van der Waals surface area contributed by atoms with Crippen LogP contribution < -0.4 is 5.32 Å². The lowest BCUT2D eigenvalue weighted by Gasteiger charge is -2.06. The zero-order chi connectivity index (χ0) is 13.0. The van der Waals surface area contributed by atoms with Crippen molar-refractivity contribution in [3.8, 4) is 0 Å². The van der Waals surface area contributed by atoms with Crippen LogP contribution in [-0.4, -0.2) is 21.5 Å². The van der Waals surface area contributed by atoms with Crippen LogP contribution in [0.4, 0.5) is 5.69 Å². The van der Waals surface area contributed by atoms with E-state index in [-0.39, 0.29) is 6.61 Å². The summed E-state index contributed by atoms with van der Waals surface area (Å²) in [4.78, 5) is 0. The van der Waals surface area contributed by atoms with Crippen LogP contribution in [0.2, 0.25) is 0 Å². The number of anilines is 1. The first kappa shape index (κ1) is 12.6. The minimum absolute atomic E-state index is 0.109. The molecule has 0 aliphatic heterocycles. The van der Waals surface area contributed by atoms with Crippen molar-refractivity contribution < 1.29 is 5.11 Å². The summed E-state index contributed by atoms with van der Waals surface area (Å²) in [6.45, 7) is 5.64. The minimum Gasteiger partial charge on any atom is -0.394 e. The number of aryl methyl sites for hydroxylation is 2. The van der Waals surface area contributed by atoms with Crippen molar-refractivity contribution >= 4 is 5.69 Å². The van der Waals surface area contributed by atoms with Gasteiger partial charge < -0.3 is 10.4 Å². The van der Waals surface area contributed by atoms with Gasteiger partial charge in [0, 0.05) is 12.7 Å². The molecule has 0 aliphatic carbocycles. The molecule has 1 heterocycles. The number of nitrogens with zero attached hydrogens (tertiary/aromatic N) is 2. The van der Waals surface area contributed by atoms with E-state index in [2.05, 4.69) is 42.5 Å². The highest BCUT2D eigenvalue weighted by atomic mass is 16.3. The molecule has 96 valence electrons. The Kier molecular flexibility index (Phi) is 3.99. The summed E-state index contributed by atoms with van der Waals surface area (Å²) in [7, 11) is 0. The first-order valence-corrected chi connectivity index (χ1v) is 6.12. The van der Waals surface area contributed by atoms with E-state index < -0.39 is 0 Å². The van der Waals surface area contributed by atoms with Gasteiger partial charge in [-0.15, -0.1) is 0 Å². The molecule has 0 atom stereocenters. The van der Waals surface area contributed by atoms with Gasteiger partial charge in [-0.05, 0) is 19.4 Å². The van der Waals surface area contributed by atoms with Crippen molar-refractivity contribution in [1.82, 2.24) is 9.78 Å². The van der Waals surface area contributed by atoms with Gasteiger partial charge in [0.15, 0.2) is 0 Å². The summed E-state index contributed by atoms with van der Waals surface area (Å²) in [5.74, 6) is 0. The van der Waals surface area contributed by atoms with Gasteiger partial charge in [0.25, 0.3) is 0 Å². The number of nitrogens with one attached hydrogen (secondary N) is 1.